The number of amides is 1. The van der Waals surface area contributed by atoms with Crippen LogP contribution in [0.1, 0.15) is 51.2 Å². The van der Waals surface area contributed by atoms with Crippen molar-refractivity contribution in [1.29, 1.82) is 0 Å². The SMILES string of the molecule is CC(C)(C)OC(=O)NCc1ccc(CNC2CCN3CCCC23)cc1. The molecule has 2 aliphatic rings. The molecule has 2 unspecified atom stereocenters. The average molecular weight is 345 g/mol. The van der Waals surface area contributed by atoms with Gasteiger partial charge in [0.05, 0.1) is 0 Å². The number of carbonyl (C=O) groups is 1. The molecule has 0 saturated carbocycles. The molecule has 1 aromatic rings. The Morgan fingerprint density at radius 2 is 1.80 bits per heavy atom. The van der Waals surface area contributed by atoms with Gasteiger partial charge in [0.15, 0.2) is 0 Å². The summed E-state index contributed by atoms with van der Waals surface area (Å²) in [6, 6.07) is 9.81. The Labute approximate surface area is 151 Å². The van der Waals surface area contributed by atoms with Crippen molar-refractivity contribution in [3.8, 4) is 0 Å². The fraction of sp³-hybridized carbons (Fsp3) is 0.650. The smallest absolute Gasteiger partial charge is 0.407 e. The minimum atomic E-state index is -0.464. The molecule has 138 valence electrons. The van der Waals surface area contributed by atoms with Gasteiger partial charge in [-0.15, -0.1) is 0 Å². The van der Waals surface area contributed by atoms with Crippen LogP contribution < -0.4 is 10.6 Å². The van der Waals surface area contributed by atoms with Crippen molar-refractivity contribution in [3.05, 3.63) is 35.4 Å². The lowest BCUT2D eigenvalue weighted by Gasteiger charge is -2.21. The van der Waals surface area contributed by atoms with E-state index in [4.69, 9.17) is 4.74 Å². The lowest BCUT2D eigenvalue weighted by Crippen LogP contribution is -2.38. The second-order valence-electron chi connectivity index (χ2n) is 8.19. The Hall–Kier alpha value is -1.59. The van der Waals surface area contributed by atoms with Gasteiger partial charge in [0.1, 0.15) is 5.60 Å². The van der Waals surface area contributed by atoms with E-state index in [2.05, 4.69) is 39.8 Å². The first kappa shape index (κ1) is 18.2. The van der Waals surface area contributed by atoms with Gasteiger partial charge in [0.2, 0.25) is 0 Å². The van der Waals surface area contributed by atoms with E-state index in [0.29, 0.717) is 12.6 Å². The topological polar surface area (TPSA) is 53.6 Å². The molecule has 1 aromatic carbocycles. The third-order valence-corrected chi connectivity index (χ3v) is 5.03. The van der Waals surface area contributed by atoms with Crippen LogP contribution in [0.15, 0.2) is 24.3 Å². The Morgan fingerprint density at radius 3 is 2.48 bits per heavy atom. The predicted octanol–water partition coefficient (Wildman–Crippen LogP) is 3.04. The fourth-order valence-corrected chi connectivity index (χ4v) is 3.83. The summed E-state index contributed by atoms with van der Waals surface area (Å²) < 4.78 is 5.25. The summed E-state index contributed by atoms with van der Waals surface area (Å²) in [6.07, 6.45) is 3.58. The third-order valence-electron chi connectivity index (χ3n) is 5.03. The number of carbonyl (C=O) groups excluding carboxylic acids is 1. The highest BCUT2D eigenvalue weighted by atomic mass is 16.6. The lowest BCUT2D eigenvalue weighted by molar-refractivity contribution is 0.0523. The zero-order valence-corrected chi connectivity index (χ0v) is 15.7. The molecular formula is C20H31N3O2. The van der Waals surface area contributed by atoms with Gasteiger partial charge in [-0.3, -0.25) is 4.90 Å². The normalized spacial score (nSPS) is 23.5. The summed E-state index contributed by atoms with van der Waals surface area (Å²) in [5.41, 5.74) is 1.91. The van der Waals surface area contributed by atoms with Crippen molar-refractivity contribution in [1.82, 2.24) is 15.5 Å². The van der Waals surface area contributed by atoms with Crippen molar-refractivity contribution < 1.29 is 9.53 Å². The molecule has 25 heavy (non-hydrogen) atoms. The van der Waals surface area contributed by atoms with Gasteiger partial charge >= 0.3 is 6.09 Å². The Morgan fingerprint density at radius 1 is 1.12 bits per heavy atom. The van der Waals surface area contributed by atoms with Gasteiger partial charge in [-0.2, -0.15) is 0 Å². The standard InChI is InChI=1S/C20H31N3O2/c1-20(2,3)25-19(24)22-14-16-8-6-15(7-9-16)13-21-17-10-12-23-11-4-5-18(17)23/h6-9,17-18,21H,4-5,10-14H2,1-3H3,(H,22,24). The fourth-order valence-electron chi connectivity index (χ4n) is 3.83. The second kappa shape index (κ2) is 7.75. The highest BCUT2D eigenvalue weighted by Crippen LogP contribution is 2.28. The zero-order chi connectivity index (χ0) is 17.9. The van der Waals surface area contributed by atoms with Crippen LogP contribution in [0.2, 0.25) is 0 Å². The van der Waals surface area contributed by atoms with Crippen molar-refractivity contribution in [2.75, 3.05) is 13.1 Å². The monoisotopic (exact) mass is 345 g/mol. The Bertz CT molecular complexity index is 580. The van der Waals surface area contributed by atoms with Crippen molar-refractivity contribution in [2.24, 2.45) is 0 Å². The van der Waals surface area contributed by atoms with E-state index in [9.17, 15) is 4.79 Å². The third kappa shape index (κ3) is 5.19. The number of ether oxygens (including phenoxy) is 1. The van der Waals surface area contributed by atoms with E-state index in [1.807, 2.05) is 20.8 Å². The quantitative estimate of drug-likeness (QED) is 0.861. The predicted molar refractivity (Wildman–Crippen MR) is 99.4 cm³/mol. The molecule has 2 aliphatic heterocycles. The van der Waals surface area contributed by atoms with Crippen LogP contribution >= 0.6 is 0 Å². The molecule has 1 amide bonds. The summed E-state index contributed by atoms with van der Waals surface area (Å²) in [7, 11) is 0. The molecule has 2 fully saturated rings. The van der Waals surface area contributed by atoms with Crippen LogP contribution in [0, 0.1) is 0 Å². The molecule has 5 heteroatoms. The van der Waals surface area contributed by atoms with Gasteiger partial charge in [-0.1, -0.05) is 24.3 Å². The largest absolute Gasteiger partial charge is 0.444 e. The molecule has 0 aliphatic carbocycles. The Kier molecular flexibility index (Phi) is 5.64. The number of fused-ring (bicyclic) bond motifs is 1. The van der Waals surface area contributed by atoms with Crippen LogP contribution in [0.25, 0.3) is 0 Å². The maximum absolute atomic E-state index is 11.7. The van der Waals surface area contributed by atoms with E-state index in [-0.39, 0.29) is 6.09 Å². The van der Waals surface area contributed by atoms with Gasteiger partial charge < -0.3 is 15.4 Å². The maximum Gasteiger partial charge on any atom is 0.407 e. The molecule has 0 bridgehead atoms. The Balaban J connectivity index is 1.42. The molecule has 5 nitrogen and oxygen atoms in total. The summed E-state index contributed by atoms with van der Waals surface area (Å²) in [4.78, 5) is 14.3. The van der Waals surface area contributed by atoms with Crippen LogP contribution in [0.3, 0.4) is 0 Å². The van der Waals surface area contributed by atoms with E-state index < -0.39 is 5.60 Å². The van der Waals surface area contributed by atoms with Crippen LogP contribution in [0.4, 0.5) is 4.79 Å². The number of nitrogens with one attached hydrogen (secondary N) is 2. The van der Waals surface area contributed by atoms with E-state index in [1.54, 1.807) is 0 Å². The molecule has 0 spiro atoms. The molecule has 0 aromatic heterocycles. The number of rotatable bonds is 5. The molecule has 0 radical (unpaired) electrons. The first-order valence-electron chi connectivity index (χ1n) is 9.43. The van der Waals surface area contributed by atoms with Gasteiger partial charge in [0, 0.05) is 31.7 Å². The van der Waals surface area contributed by atoms with Crippen LogP contribution in [0.5, 0.6) is 0 Å². The molecule has 2 atom stereocenters. The molecule has 3 rings (SSSR count). The highest BCUT2D eigenvalue weighted by Gasteiger charge is 2.36. The number of hydrogen-bond donors (Lipinski definition) is 2. The second-order valence-corrected chi connectivity index (χ2v) is 8.19. The maximum atomic E-state index is 11.7. The van der Waals surface area contributed by atoms with Gasteiger partial charge in [-0.05, 0) is 57.7 Å². The lowest BCUT2D eigenvalue weighted by atomic mass is 10.1. The van der Waals surface area contributed by atoms with E-state index >= 15 is 0 Å². The van der Waals surface area contributed by atoms with E-state index in [0.717, 1.165) is 18.2 Å². The summed E-state index contributed by atoms with van der Waals surface area (Å²) in [5, 5.41) is 6.53. The minimum Gasteiger partial charge on any atom is -0.444 e. The van der Waals surface area contributed by atoms with Crippen molar-refractivity contribution in [2.45, 2.75) is 70.8 Å². The summed E-state index contributed by atoms with van der Waals surface area (Å²) in [5.74, 6) is 0. The van der Waals surface area contributed by atoms with Crippen LogP contribution in [-0.4, -0.2) is 41.8 Å². The molecule has 2 N–H and O–H groups in total. The summed E-state index contributed by atoms with van der Waals surface area (Å²) in [6.45, 7) is 9.52. The number of benzene rings is 1. The number of nitrogens with zero attached hydrogens (tertiary/aromatic N) is 1. The highest BCUT2D eigenvalue weighted by molar-refractivity contribution is 5.67. The molecular weight excluding hydrogens is 314 g/mol. The van der Waals surface area contributed by atoms with E-state index in [1.165, 1.54) is 37.9 Å². The van der Waals surface area contributed by atoms with Gasteiger partial charge in [-0.25, -0.2) is 4.79 Å². The van der Waals surface area contributed by atoms with Crippen molar-refractivity contribution >= 4 is 6.09 Å². The first-order valence-corrected chi connectivity index (χ1v) is 9.43. The molecule has 2 saturated heterocycles. The number of hydrogen-bond acceptors (Lipinski definition) is 4. The first-order chi connectivity index (χ1) is 11.9. The summed E-state index contributed by atoms with van der Waals surface area (Å²) >= 11 is 0. The van der Waals surface area contributed by atoms with Gasteiger partial charge in [0.25, 0.3) is 0 Å². The van der Waals surface area contributed by atoms with Crippen molar-refractivity contribution in [3.63, 3.8) is 0 Å². The zero-order valence-electron chi connectivity index (χ0n) is 15.7. The number of alkyl carbamates (subject to hydrolysis) is 1. The average Bonchev–Trinajstić information content (AvgIpc) is 3.14. The van der Waals surface area contributed by atoms with Crippen LogP contribution in [-0.2, 0) is 17.8 Å². The molecule has 2 heterocycles. The minimum absolute atomic E-state index is 0.374.